The third-order valence-corrected chi connectivity index (χ3v) is 4.11. The first kappa shape index (κ1) is 21.4. The number of nitrogens with zero attached hydrogens (tertiary/aromatic N) is 1. The Morgan fingerprint density at radius 3 is 2.68 bits per heavy atom. The van der Waals surface area contributed by atoms with Gasteiger partial charge in [0.25, 0.3) is 5.91 Å². The summed E-state index contributed by atoms with van der Waals surface area (Å²) in [5.74, 6) is 1.85. The molecule has 0 radical (unpaired) electrons. The first-order chi connectivity index (χ1) is 13.6. The van der Waals surface area contributed by atoms with Crippen LogP contribution in [0.25, 0.3) is 0 Å². The fraction of sp³-hybridized carbons (Fsp3) is 0.300. The Morgan fingerprint density at radius 2 is 1.96 bits per heavy atom. The molecule has 2 aromatic rings. The molecule has 7 nitrogen and oxygen atoms in total. The summed E-state index contributed by atoms with van der Waals surface area (Å²) >= 11 is 3.34. The number of nitrogens with one attached hydrogen (secondary N) is 1. The fourth-order valence-corrected chi connectivity index (χ4v) is 2.83. The minimum absolute atomic E-state index is 0.191. The van der Waals surface area contributed by atoms with Gasteiger partial charge in [-0.1, -0.05) is 6.07 Å². The summed E-state index contributed by atoms with van der Waals surface area (Å²) in [6, 6.07) is 12.5. The number of halogens is 1. The van der Waals surface area contributed by atoms with Crippen LogP contribution in [0, 0.1) is 11.3 Å². The lowest BCUT2D eigenvalue weighted by Crippen LogP contribution is -2.32. The molecule has 2 rings (SSSR count). The Hall–Kier alpha value is -2.92. The van der Waals surface area contributed by atoms with Crippen LogP contribution in [-0.4, -0.2) is 39.4 Å². The third-order valence-electron chi connectivity index (χ3n) is 3.52. The number of carbonyl (C=O) groups excluding carboxylic acids is 1. The minimum atomic E-state index is -0.298. The lowest BCUT2D eigenvalue weighted by molar-refractivity contribution is -0.123. The van der Waals surface area contributed by atoms with Gasteiger partial charge in [-0.3, -0.25) is 4.79 Å². The van der Waals surface area contributed by atoms with Crippen LogP contribution in [0.2, 0.25) is 0 Å². The third kappa shape index (κ3) is 6.35. The van der Waals surface area contributed by atoms with Crippen molar-refractivity contribution in [2.75, 3.05) is 33.5 Å². The zero-order chi connectivity index (χ0) is 20.4. The van der Waals surface area contributed by atoms with Gasteiger partial charge in [0.1, 0.15) is 18.1 Å². The quantitative estimate of drug-likeness (QED) is 0.560. The van der Waals surface area contributed by atoms with Gasteiger partial charge in [-0.05, 0) is 41.1 Å². The van der Waals surface area contributed by atoms with Gasteiger partial charge in [-0.15, -0.1) is 0 Å². The van der Waals surface area contributed by atoms with E-state index in [0.29, 0.717) is 52.8 Å². The average Bonchev–Trinajstić information content (AvgIpc) is 2.70. The number of hydrogen-bond donors (Lipinski definition) is 1. The fourth-order valence-electron chi connectivity index (χ4n) is 2.27. The van der Waals surface area contributed by atoms with E-state index in [1.165, 1.54) is 0 Å². The maximum absolute atomic E-state index is 12.0. The molecule has 0 atom stereocenters. The molecule has 1 N–H and O–H groups in total. The molecule has 148 valence electrons. The van der Waals surface area contributed by atoms with E-state index in [1.807, 2.05) is 31.2 Å². The first-order valence-electron chi connectivity index (χ1n) is 8.60. The Morgan fingerprint density at radius 1 is 1.18 bits per heavy atom. The molecule has 0 unspecified atom stereocenters. The van der Waals surface area contributed by atoms with E-state index < -0.39 is 0 Å². The monoisotopic (exact) mass is 448 g/mol. The van der Waals surface area contributed by atoms with Gasteiger partial charge in [0.2, 0.25) is 0 Å². The van der Waals surface area contributed by atoms with Crippen molar-refractivity contribution in [2.24, 2.45) is 0 Å². The van der Waals surface area contributed by atoms with Crippen molar-refractivity contribution in [1.29, 1.82) is 5.26 Å². The number of nitriles is 1. The largest absolute Gasteiger partial charge is 0.497 e. The number of rotatable bonds is 10. The van der Waals surface area contributed by atoms with Crippen molar-refractivity contribution in [3.8, 4) is 29.1 Å². The molecule has 0 spiro atoms. The van der Waals surface area contributed by atoms with Crippen molar-refractivity contribution in [2.45, 2.75) is 6.92 Å². The van der Waals surface area contributed by atoms with Gasteiger partial charge in [-0.2, -0.15) is 5.26 Å². The summed E-state index contributed by atoms with van der Waals surface area (Å²) in [4.78, 5) is 12.0. The van der Waals surface area contributed by atoms with Crippen molar-refractivity contribution in [1.82, 2.24) is 5.32 Å². The van der Waals surface area contributed by atoms with Gasteiger partial charge in [-0.25, -0.2) is 0 Å². The number of amides is 1. The summed E-state index contributed by atoms with van der Waals surface area (Å²) < 4.78 is 22.3. The van der Waals surface area contributed by atoms with E-state index >= 15 is 0 Å². The second-order valence-corrected chi connectivity index (χ2v) is 6.35. The molecule has 0 heterocycles. The Labute approximate surface area is 172 Å². The zero-order valence-electron chi connectivity index (χ0n) is 15.7. The van der Waals surface area contributed by atoms with Crippen LogP contribution in [0.3, 0.4) is 0 Å². The maximum atomic E-state index is 12.0. The molecule has 2 aromatic carbocycles. The Bertz CT molecular complexity index is 851. The van der Waals surface area contributed by atoms with Crippen molar-refractivity contribution in [3.63, 3.8) is 0 Å². The highest BCUT2D eigenvalue weighted by Crippen LogP contribution is 2.36. The van der Waals surface area contributed by atoms with E-state index in [4.69, 9.17) is 24.2 Å². The molecule has 0 aliphatic carbocycles. The number of hydrogen-bond acceptors (Lipinski definition) is 6. The van der Waals surface area contributed by atoms with Crippen LogP contribution >= 0.6 is 15.9 Å². The van der Waals surface area contributed by atoms with Gasteiger partial charge in [0, 0.05) is 12.1 Å². The molecule has 0 aliphatic heterocycles. The van der Waals surface area contributed by atoms with Gasteiger partial charge in [0.05, 0.1) is 36.4 Å². The maximum Gasteiger partial charge on any atom is 0.258 e. The van der Waals surface area contributed by atoms with Crippen molar-refractivity contribution >= 4 is 21.8 Å². The van der Waals surface area contributed by atoms with Crippen LogP contribution in [0.5, 0.6) is 23.0 Å². The number of methoxy groups -OCH3 is 1. The summed E-state index contributed by atoms with van der Waals surface area (Å²) in [5, 5.41) is 11.8. The van der Waals surface area contributed by atoms with Crippen LogP contribution in [0.1, 0.15) is 12.5 Å². The van der Waals surface area contributed by atoms with Gasteiger partial charge in [0.15, 0.2) is 18.1 Å². The summed E-state index contributed by atoms with van der Waals surface area (Å²) in [7, 11) is 1.59. The van der Waals surface area contributed by atoms with Crippen LogP contribution in [0.15, 0.2) is 40.9 Å². The van der Waals surface area contributed by atoms with Crippen LogP contribution < -0.4 is 24.3 Å². The predicted molar refractivity (Wildman–Crippen MR) is 107 cm³/mol. The van der Waals surface area contributed by atoms with E-state index in [9.17, 15) is 4.79 Å². The molecule has 0 saturated heterocycles. The Kier molecular flexibility index (Phi) is 8.43. The van der Waals surface area contributed by atoms with Crippen molar-refractivity contribution < 1.29 is 23.7 Å². The molecule has 28 heavy (non-hydrogen) atoms. The summed E-state index contributed by atoms with van der Waals surface area (Å²) in [6.45, 7) is 2.68. The van der Waals surface area contributed by atoms with Crippen LogP contribution in [0.4, 0.5) is 0 Å². The van der Waals surface area contributed by atoms with E-state index in [-0.39, 0.29) is 12.5 Å². The van der Waals surface area contributed by atoms with Gasteiger partial charge >= 0.3 is 0 Å². The molecule has 0 fully saturated rings. The highest BCUT2D eigenvalue weighted by Gasteiger charge is 2.14. The molecule has 8 heteroatoms. The van der Waals surface area contributed by atoms with Gasteiger partial charge < -0.3 is 24.3 Å². The smallest absolute Gasteiger partial charge is 0.258 e. The lowest BCUT2D eigenvalue weighted by atomic mass is 10.2. The van der Waals surface area contributed by atoms with Crippen LogP contribution in [-0.2, 0) is 4.79 Å². The molecular weight excluding hydrogens is 428 g/mol. The SMILES string of the molecule is CCOc1cc(C#N)cc(Br)c1OCC(=O)NCCOc1cccc(OC)c1. The molecular formula is C20H21BrN2O5. The molecule has 0 aromatic heterocycles. The minimum Gasteiger partial charge on any atom is -0.497 e. The topological polar surface area (TPSA) is 89.8 Å². The molecule has 0 saturated carbocycles. The normalized spacial score (nSPS) is 9.93. The Balaban J connectivity index is 1.81. The second-order valence-electron chi connectivity index (χ2n) is 5.50. The average molecular weight is 449 g/mol. The number of carbonyl (C=O) groups is 1. The first-order valence-corrected chi connectivity index (χ1v) is 9.39. The summed E-state index contributed by atoms with van der Waals surface area (Å²) in [5.41, 5.74) is 0.432. The highest BCUT2D eigenvalue weighted by molar-refractivity contribution is 9.10. The molecule has 1 amide bonds. The second kappa shape index (κ2) is 11.0. The molecule has 0 aliphatic rings. The van der Waals surface area contributed by atoms with Crippen molar-refractivity contribution in [3.05, 3.63) is 46.4 Å². The van der Waals surface area contributed by atoms with E-state index in [1.54, 1.807) is 25.3 Å². The number of benzene rings is 2. The lowest BCUT2D eigenvalue weighted by Gasteiger charge is -2.14. The molecule has 0 bridgehead atoms. The number of ether oxygens (including phenoxy) is 4. The summed E-state index contributed by atoms with van der Waals surface area (Å²) in [6.07, 6.45) is 0. The zero-order valence-corrected chi connectivity index (χ0v) is 17.2. The highest BCUT2D eigenvalue weighted by atomic mass is 79.9. The van der Waals surface area contributed by atoms with E-state index in [0.717, 1.165) is 0 Å². The predicted octanol–water partition coefficient (Wildman–Crippen LogP) is 3.30. The standard InChI is InChI=1S/C20H21BrN2O5/c1-3-26-18-10-14(12-22)9-17(21)20(18)28-13-19(24)23-7-8-27-16-6-4-5-15(11-16)25-2/h4-6,9-11H,3,7-8,13H2,1-2H3,(H,23,24). The van der Waals surface area contributed by atoms with E-state index in [2.05, 4.69) is 21.2 Å².